The Bertz CT molecular complexity index is 415. The molecule has 1 amide bonds. The number of thiocarbonyl (C=S) groups is 1. The van der Waals surface area contributed by atoms with Gasteiger partial charge < -0.3 is 16.0 Å². The van der Waals surface area contributed by atoms with Crippen LogP contribution in [0.3, 0.4) is 0 Å². The van der Waals surface area contributed by atoms with Crippen LogP contribution in [0.15, 0.2) is 18.3 Å². The van der Waals surface area contributed by atoms with Crippen LogP contribution in [0, 0.1) is 0 Å². The van der Waals surface area contributed by atoms with E-state index in [2.05, 4.69) is 10.3 Å². The van der Waals surface area contributed by atoms with Gasteiger partial charge in [-0.25, -0.2) is 0 Å². The van der Waals surface area contributed by atoms with Gasteiger partial charge in [0.15, 0.2) is 0 Å². The van der Waals surface area contributed by atoms with E-state index in [9.17, 15) is 4.79 Å². The molecule has 6 heteroatoms. The minimum atomic E-state index is 0.0680. The molecule has 0 atom stereocenters. The number of amides is 1. The molecule has 0 aliphatic heterocycles. The van der Waals surface area contributed by atoms with E-state index < -0.39 is 0 Å². The van der Waals surface area contributed by atoms with Crippen molar-refractivity contribution in [2.75, 3.05) is 25.0 Å². The number of nitrogens with two attached hydrogens (primary N) is 1. The Kier molecular flexibility index (Phi) is 5.51. The molecule has 0 aliphatic rings. The second kappa shape index (κ2) is 6.90. The molecule has 5 nitrogen and oxygen atoms in total. The van der Waals surface area contributed by atoms with Gasteiger partial charge in [-0.3, -0.25) is 9.78 Å². The maximum absolute atomic E-state index is 11.8. The number of carbonyl (C=O) groups is 1. The first-order valence-electron chi connectivity index (χ1n) is 5.86. The molecule has 0 saturated heterocycles. The zero-order valence-corrected chi connectivity index (χ0v) is 11.5. The maximum atomic E-state index is 11.8. The van der Waals surface area contributed by atoms with Crippen LogP contribution in [-0.4, -0.2) is 40.4 Å². The van der Waals surface area contributed by atoms with Gasteiger partial charge in [-0.05, 0) is 26.0 Å². The van der Waals surface area contributed by atoms with Gasteiger partial charge in [0.1, 0.15) is 4.99 Å². The fraction of sp³-hybridized carbons (Fsp3) is 0.417. The van der Waals surface area contributed by atoms with Gasteiger partial charge in [0, 0.05) is 13.1 Å². The lowest BCUT2D eigenvalue weighted by atomic mass is 10.3. The molecule has 1 heterocycles. The summed E-state index contributed by atoms with van der Waals surface area (Å²) in [5.74, 6) is 0.0680. The minimum Gasteiger partial charge on any atom is -0.388 e. The number of nitrogens with one attached hydrogen (secondary N) is 1. The van der Waals surface area contributed by atoms with Gasteiger partial charge in [0.05, 0.1) is 24.1 Å². The van der Waals surface area contributed by atoms with Crippen LogP contribution in [0.1, 0.15) is 19.5 Å². The van der Waals surface area contributed by atoms with Crippen molar-refractivity contribution in [3.8, 4) is 0 Å². The van der Waals surface area contributed by atoms with Crippen LogP contribution in [0.5, 0.6) is 0 Å². The number of pyridine rings is 1. The molecular weight excluding hydrogens is 248 g/mol. The van der Waals surface area contributed by atoms with Crippen LogP contribution in [-0.2, 0) is 4.79 Å². The number of hydrogen-bond acceptors (Lipinski definition) is 4. The summed E-state index contributed by atoms with van der Waals surface area (Å²) in [6.45, 7) is 5.61. The topological polar surface area (TPSA) is 71.2 Å². The molecule has 0 bridgehead atoms. The van der Waals surface area contributed by atoms with E-state index in [1.54, 1.807) is 23.2 Å². The van der Waals surface area contributed by atoms with Crippen LogP contribution in [0.4, 0.5) is 5.69 Å². The van der Waals surface area contributed by atoms with E-state index in [4.69, 9.17) is 18.0 Å². The van der Waals surface area contributed by atoms with Crippen molar-refractivity contribution < 1.29 is 4.79 Å². The number of carbonyl (C=O) groups excluding carboxylic acids is 1. The van der Waals surface area contributed by atoms with Crippen molar-refractivity contribution in [2.45, 2.75) is 13.8 Å². The summed E-state index contributed by atoms with van der Waals surface area (Å²) in [6.07, 6.45) is 1.62. The van der Waals surface area contributed by atoms with E-state index >= 15 is 0 Å². The normalized spacial score (nSPS) is 9.89. The SMILES string of the molecule is CCN(CC)C(=O)CNc1ccc(C(N)=S)nc1. The largest absolute Gasteiger partial charge is 0.388 e. The Labute approximate surface area is 112 Å². The quantitative estimate of drug-likeness (QED) is 0.752. The predicted molar refractivity (Wildman–Crippen MR) is 76.5 cm³/mol. The predicted octanol–water partition coefficient (Wildman–Crippen LogP) is 0.996. The highest BCUT2D eigenvalue weighted by atomic mass is 32.1. The summed E-state index contributed by atoms with van der Waals surface area (Å²) in [7, 11) is 0. The summed E-state index contributed by atoms with van der Waals surface area (Å²) in [5.41, 5.74) is 6.80. The second-order valence-corrected chi connectivity index (χ2v) is 4.16. The van der Waals surface area contributed by atoms with Crippen LogP contribution in [0.25, 0.3) is 0 Å². The summed E-state index contributed by atoms with van der Waals surface area (Å²) in [4.78, 5) is 17.9. The number of aromatic nitrogens is 1. The number of likely N-dealkylation sites (N-methyl/N-ethyl adjacent to an activating group) is 1. The summed E-state index contributed by atoms with van der Waals surface area (Å²) in [5, 5.41) is 3.02. The summed E-state index contributed by atoms with van der Waals surface area (Å²) in [6, 6.07) is 3.53. The van der Waals surface area contributed by atoms with Crippen molar-refractivity contribution in [3.05, 3.63) is 24.0 Å². The van der Waals surface area contributed by atoms with E-state index in [-0.39, 0.29) is 17.4 Å². The lowest BCUT2D eigenvalue weighted by molar-refractivity contribution is -0.128. The third-order valence-corrected chi connectivity index (χ3v) is 2.78. The first kappa shape index (κ1) is 14.4. The first-order valence-corrected chi connectivity index (χ1v) is 6.26. The Balaban J connectivity index is 2.53. The Hall–Kier alpha value is -1.69. The number of nitrogens with zero attached hydrogens (tertiary/aromatic N) is 2. The molecular formula is C12H18N4OS. The number of rotatable bonds is 6. The standard InChI is InChI=1S/C12H18N4OS/c1-3-16(4-2)11(17)8-14-9-5-6-10(12(13)18)15-7-9/h5-7,14H,3-4,8H2,1-2H3,(H2,13,18). The summed E-state index contributed by atoms with van der Waals surface area (Å²) < 4.78 is 0. The number of anilines is 1. The van der Waals surface area contributed by atoms with E-state index in [0.29, 0.717) is 5.69 Å². The molecule has 18 heavy (non-hydrogen) atoms. The smallest absolute Gasteiger partial charge is 0.241 e. The molecule has 0 unspecified atom stereocenters. The highest BCUT2D eigenvalue weighted by Gasteiger charge is 2.08. The molecule has 1 aromatic heterocycles. The molecule has 1 rings (SSSR count). The van der Waals surface area contributed by atoms with Gasteiger partial charge in [-0.1, -0.05) is 12.2 Å². The molecule has 0 fully saturated rings. The van der Waals surface area contributed by atoms with Gasteiger partial charge >= 0.3 is 0 Å². The third kappa shape index (κ3) is 3.96. The second-order valence-electron chi connectivity index (χ2n) is 3.72. The Morgan fingerprint density at radius 3 is 2.56 bits per heavy atom. The van der Waals surface area contributed by atoms with Gasteiger partial charge in [0.25, 0.3) is 0 Å². The molecule has 0 saturated carbocycles. The van der Waals surface area contributed by atoms with E-state index in [1.807, 2.05) is 13.8 Å². The summed E-state index contributed by atoms with van der Waals surface area (Å²) >= 11 is 4.81. The zero-order valence-electron chi connectivity index (χ0n) is 10.6. The lowest BCUT2D eigenvalue weighted by Crippen LogP contribution is -2.35. The molecule has 98 valence electrons. The highest BCUT2D eigenvalue weighted by molar-refractivity contribution is 7.80. The number of hydrogen-bond donors (Lipinski definition) is 2. The van der Waals surface area contributed by atoms with Crippen molar-refractivity contribution in [2.24, 2.45) is 5.73 Å². The van der Waals surface area contributed by atoms with E-state index in [1.165, 1.54) is 0 Å². The minimum absolute atomic E-state index is 0.0680. The van der Waals surface area contributed by atoms with Crippen molar-refractivity contribution in [1.29, 1.82) is 0 Å². The fourth-order valence-corrected chi connectivity index (χ4v) is 1.63. The van der Waals surface area contributed by atoms with Crippen molar-refractivity contribution in [1.82, 2.24) is 9.88 Å². The Morgan fingerprint density at radius 1 is 1.44 bits per heavy atom. The Morgan fingerprint density at radius 2 is 2.11 bits per heavy atom. The van der Waals surface area contributed by atoms with E-state index in [0.717, 1.165) is 18.8 Å². The fourth-order valence-electron chi connectivity index (χ4n) is 1.51. The maximum Gasteiger partial charge on any atom is 0.241 e. The van der Waals surface area contributed by atoms with Gasteiger partial charge in [-0.2, -0.15) is 0 Å². The highest BCUT2D eigenvalue weighted by Crippen LogP contribution is 2.06. The van der Waals surface area contributed by atoms with Gasteiger partial charge in [-0.15, -0.1) is 0 Å². The average Bonchev–Trinajstić information content (AvgIpc) is 2.38. The average molecular weight is 266 g/mol. The molecule has 0 aliphatic carbocycles. The van der Waals surface area contributed by atoms with Crippen LogP contribution >= 0.6 is 12.2 Å². The monoisotopic (exact) mass is 266 g/mol. The van der Waals surface area contributed by atoms with Crippen molar-refractivity contribution >= 4 is 28.8 Å². The first-order chi connectivity index (χ1) is 8.58. The zero-order chi connectivity index (χ0) is 13.5. The lowest BCUT2D eigenvalue weighted by Gasteiger charge is -2.19. The molecule has 0 radical (unpaired) electrons. The molecule has 3 N–H and O–H groups in total. The molecule has 0 spiro atoms. The van der Waals surface area contributed by atoms with Crippen molar-refractivity contribution in [3.63, 3.8) is 0 Å². The van der Waals surface area contributed by atoms with Gasteiger partial charge in [0.2, 0.25) is 5.91 Å². The third-order valence-electron chi connectivity index (χ3n) is 2.58. The molecule has 0 aromatic carbocycles. The van der Waals surface area contributed by atoms with Crippen LogP contribution < -0.4 is 11.1 Å². The molecule has 1 aromatic rings. The van der Waals surface area contributed by atoms with Crippen LogP contribution in [0.2, 0.25) is 0 Å².